The molecule has 0 bridgehead atoms. The van der Waals surface area contributed by atoms with Crippen molar-refractivity contribution < 1.29 is 9.59 Å². The van der Waals surface area contributed by atoms with E-state index in [4.69, 9.17) is 0 Å². The van der Waals surface area contributed by atoms with Gasteiger partial charge in [0.2, 0.25) is 0 Å². The standard InChI is InChI=1S/C26H34N4O2/c1-19-6-8-20(9-7-19)17-27-25(31)26(32)28-18-24(30-13-4-3-5-14-30)21-10-11-23-22(16-21)12-15-29(23)2/h6-11,16,24H,3-5,12-15,17-18H2,1-2H3,(H,27,31)(H,28,32)/t24-/m1/s1. The van der Waals surface area contributed by atoms with Crippen LogP contribution in [0.3, 0.4) is 0 Å². The second kappa shape index (κ2) is 10.2. The molecular weight excluding hydrogens is 400 g/mol. The maximum absolute atomic E-state index is 12.5. The van der Waals surface area contributed by atoms with Crippen LogP contribution >= 0.6 is 0 Å². The monoisotopic (exact) mass is 434 g/mol. The molecule has 6 nitrogen and oxygen atoms in total. The number of likely N-dealkylation sites (N-methyl/N-ethyl adjacent to an activating group) is 1. The highest BCUT2D eigenvalue weighted by Crippen LogP contribution is 2.32. The predicted octanol–water partition coefficient (Wildman–Crippen LogP) is 2.95. The molecule has 2 amide bonds. The van der Waals surface area contributed by atoms with Crippen LogP contribution in [0.2, 0.25) is 0 Å². The summed E-state index contributed by atoms with van der Waals surface area (Å²) in [5.74, 6) is -1.15. The molecule has 0 aromatic heterocycles. The first-order chi connectivity index (χ1) is 15.5. The van der Waals surface area contributed by atoms with Gasteiger partial charge in [-0.3, -0.25) is 14.5 Å². The molecule has 2 aliphatic heterocycles. The van der Waals surface area contributed by atoms with E-state index in [2.05, 4.69) is 45.7 Å². The van der Waals surface area contributed by atoms with Crippen LogP contribution in [0.5, 0.6) is 0 Å². The lowest BCUT2D eigenvalue weighted by Crippen LogP contribution is -2.45. The van der Waals surface area contributed by atoms with Crippen molar-refractivity contribution in [2.45, 2.75) is 45.2 Å². The second-order valence-electron chi connectivity index (χ2n) is 9.05. The number of benzene rings is 2. The van der Waals surface area contributed by atoms with Crippen molar-refractivity contribution in [2.24, 2.45) is 0 Å². The Morgan fingerprint density at radius 2 is 1.66 bits per heavy atom. The quantitative estimate of drug-likeness (QED) is 0.686. The Balaban J connectivity index is 1.39. The van der Waals surface area contributed by atoms with Crippen LogP contribution < -0.4 is 15.5 Å². The van der Waals surface area contributed by atoms with Gasteiger partial charge in [0.05, 0.1) is 6.04 Å². The molecule has 170 valence electrons. The molecule has 32 heavy (non-hydrogen) atoms. The summed E-state index contributed by atoms with van der Waals surface area (Å²) in [6.07, 6.45) is 4.66. The molecule has 0 unspecified atom stereocenters. The number of carbonyl (C=O) groups excluding carboxylic acids is 2. The highest BCUT2D eigenvalue weighted by atomic mass is 16.2. The molecule has 0 saturated carbocycles. The van der Waals surface area contributed by atoms with Gasteiger partial charge in [-0.15, -0.1) is 0 Å². The van der Waals surface area contributed by atoms with Crippen molar-refractivity contribution >= 4 is 17.5 Å². The number of amides is 2. The Labute approximate surface area is 191 Å². The van der Waals surface area contributed by atoms with Gasteiger partial charge < -0.3 is 15.5 Å². The SMILES string of the molecule is Cc1ccc(CNC(=O)C(=O)NC[C@H](c2ccc3c(c2)CCN3C)N2CCCCC2)cc1. The molecule has 2 heterocycles. The van der Waals surface area contributed by atoms with Gasteiger partial charge in [0.15, 0.2) is 0 Å². The van der Waals surface area contributed by atoms with Crippen LogP contribution in [0, 0.1) is 6.92 Å². The van der Waals surface area contributed by atoms with E-state index in [-0.39, 0.29) is 6.04 Å². The number of rotatable bonds is 6. The van der Waals surface area contributed by atoms with Gasteiger partial charge in [0.1, 0.15) is 0 Å². The molecule has 2 N–H and O–H groups in total. The van der Waals surface area contributed by atoms with Crippen molar-refractivity contribution in [3.63, 3.8) is 0 Å². The largest absolute Gasteiger partial charge is 0.374 e. The Morgan fingerprint density at radius 1 is 0.938 bits per heavy atom. The fourth-order valence-electron chi connectivity index (χ4n) is 4.72. The lowest BCUT2D eigenvalue weighted by Gasteiger charge is -2.35. The molecular formula is C26H34N4O2. The second-order valence-corrected chi connectivity index (χ2v) is 9.05. The molecule has 0 radical (unpaired) electrons. The molecule has 2 aromatic rings. The number of nitrogens with one attached hydrogen (secondary N) is 2. The zero-order chi connectivity index (χ0) is 22.5. The van der Waals surface area contributed by atoms with Crippen LogP contribution in [0.25, 0.3) is 0 Å². The zero-order valence-corrected chi connectivity index (χ0v) is 19.2. The maximum atomic E-state index is 12.5. The smallest absolute Gasteiger partial charge is 0.309 e. The summed E-state index contributed by atoms with van der Waals surface area (Å²) in [6.45, 7) is 5.90. The van der Waals surface area contributed by atoms with Crippen molar-refractivity contribution in [1.82, 2.24) is 15.5 Å². The third-order valence-corrected chi connectivity index (χ3v) is 6.68. The highest BCUT2D eigenvalue weighted by Gasteiger charge is 2.26. The summed E-state index contributed by atoms with van der Waals surface area (Å²) in [4.78, 5) is 29.6. The van der Waals surface area contributed by atoms with Gasteiger partial charge in [-0.25, -0.2) is 0 Å². The van der Waals surface area contributed by atoms with Crippen LogP contribution in [0.1, 0.15) is 47.6 Å². The number of aryl methyl sites for hydroxylation is 1. The van der Waals surface area contributed by atoms with Gasteiger partial charge in [-0.1, -0.05) is 48.4 Å². The molecule has 0 spiro atoms. The number of anilines is 1. The number of fused-ring (bicyclic) bond motifs is 1. The zero-order valence-electron chi connectivity index (χ0n) is 19.2. The lowest BCUT2D eigenvalue weighted by atomic mass is 9.98. The summed E-state index contributed by atoms with van der Waals surface area (Å²) >= 11 is 0. The van der Waals surface area contributed by atoms with Crippen molar-refractivity contribution in [3.05, 3.63) is 64.7 Å². The fourth-order valence-corrected chi connectivity index (χ4v) is 4.72. The number of nitrogens with zero attached hydrogens (tertiary/aromatic N) is 2. The van der Waals surface area contributed by atoms with E-state index >= 15 is 0 Å². The third kappa shape index (κ3) is 5.30. The van der Waals surface area contributed by atoms with E-state index in [0.29, 0.717) is 13.1 Å². The van der Waals surface area contributed by atoms with Crippen LogP contribution in [0.15, 0.2) is 42.5 Å². The topological polar surface area (TPSA) is 64.7 Å². The Kier molecular flexibility index (Phi) is 7.10. The molecule has 2 aromatic carbocycles. The normalized spacial score (nSPS) is 17.0. The number of hydrogen-bond donors (Lipinski definition) is 2. The average Bonchev–Trinajstić information content (AvgIpc) is 3.19. The van der Waals surface area contributed by atoms with E-state index in [1.54, 1.807) is 0 Å². The first kappa shape index (κ1) is 22.3. The molecule has 0 aliphatic carbocycles. The van der Waals surface area contributed by atoms with Gasteiger partial charge in [-0.2, -0.15) is 0 Å². The summed E-state index contributed by atoms with van der Waals surface area (Å²) in [5, 5.41) is 5.63. The highest BCUT2D eigenvalue weighted by molar-refractivity contribution is 6.35. The predicted molar refractivity (Wildman–Crippen MR) is 128 cm³/mol. The minimum absolute atomic E-state index is 0.0837. The minimum atomic E-state index is -0.585. The van der Waals surface area contributed by atoms with Crippen molar-refractivity contribution in [2.75, 3.05) is 38.1 Å². The van der Waals surface area contributed by atoms with Gasteiger partial charge >= 0.3 is 11.8 Å². The number of likely N-dealkylation sites (tertiary alicyclic amines) is 1. The summed E-state index contributed by atoms with van der Waals surface area (Å²) in [7, 11) is 2.13. The molecule has 6 heteroatoms. The van der Waals surface area contributed by atoms with Gasteiger partial charge in [0.25, 0.3) is 0 Å². The van der Waals surface area contributed by atoms with Crippen LogP contribution in [-0.2, 0) is 22.6 Å². The third-order valence-electron chi connectivity index (χ3n) is 6.68. The van der Waals surface area contributed by atoms with Crippen LogP contribution in [-0.4, -0.2) is 49.9 Å². The lowest BCUT2D eigenvalue weighted by molar-refractivity contribution is -0.139. The van der Waals surface area contributed by atoms with E-state index < -0.39 is 11.8 Å². The number of piperidine rings is 1. The molecule has 1 fully saturated rings. The summed E-state index contributed by atoms with van der Waals surface area (Å²) in [6, 6.07) is 14.7. The summed E-state index contributed by atoms with van der Waals surface area (Å²) < 4.78 is 0. The van der Waals surface area contributed by atoms with E-state index in [0.717, 1.165) is 31.6 Å². The number of carbonyl (C=O) groups is 2. The van der Waals surface area contributed by atoms with Gasteiger partial charge in [0, 0.05) is 32.4 Å². The molecule has 1 saturated heterocycles. The van der Waals surface area contributed by atoms with Crippen molar-refractivity contribution in [1.29, 1.82) is 0 Å². The molecule has 4 rings (SSSR count). The summed E-state index contributed by atoms with van der Waals surface area (Å²) in [5.41, 5.74) is 6.03. The molecule has 1 atom stereocenters. The van der Waals surface area contributed by atoms with E-state index in [1.807, 2.05) is 31.2 Å². The maximum Gasteiger partial charge on any atom is 0.309 e. The first-order valence-electron chi connectivity index (χ1n) is 11.7. The van der Waals surface area contributed by atoms with Crippen molar-refractivity contribution in [3.8, 4) is 0 Å². The Hall–Kier alpha value is -2.86. The molecule has 2 aliphatic rings. The number of hydrogen-bond acceptors (Lipinski definition) is 4. The van der Waals surface area contributed by atoms with Gasteiger partial charge in [-0.05, 0) is 62.0 Å². The minimum Gasteiger partial charge on any atom is -0.374 e. The fraction of sp³-hybridized carbons (Fsp3) is 0.462. The van der Waals surface area contributed by atoms with E-state index in [9.17, 15) is 9.59 Å². The van der Waals surface area contributed by atoms with E-state index in [1.165, 1.54) is 41.6 Å². The Morgan fingerprint density at radius 3 is 2.41 bits per heavy atom. The Bertz CT molecular complexity index is 951. The first-order valence-corrected chi connectivity index (χ1v) is 11.7. The average molecular weight is 435 g/mol. The van der Waals surface area contributed by atoms with Crippen LogP contribution in [0.4, 0.5) is 5.69 Å².